The lowest BCUT2D eigenvalue weighted by Crippen LogP contribution is -2.57. The standard InChI is InChI=1S/C16H21F3N2O2S/c1-11(2)20-9-13-5-6-14(10-20)21(13)24(22,23)15-7-3-12(4-8-15)16(17,18)19/h3-4,7-8,11,13-14H,5-6,9-10H2,1-2H3. The highest BCUT2D eigenvalue weighted by Gasteiger charge is 2.47. The molecular weight excluding hydrogens is 341 g/mol. The van der Waals surface area contributed by atoms with Gasteiger partial charge in [0.1, 0.15) is 0 Å². The second-order valence-electron chi connectivity index (χ2n) is 6.79. The van der Waals surface area contributed by atoms with E-state index < -0.39 is 21.8 Å². The van der Waals surface area contributed by atoms with Gasteiger partial charge >= 0.3 is 6.18 Å². The van der Waals surface area contributed by atoms with Gasteiger partial charge in [0.15, 0.2) is 0 Å². The van der Waals surface area contributed by atoms with Gasteiger partial charge < -0.3 is 0 Å². The van der Waals surface area contributed by atoms with E-state index in [9.17, 15) is 21.6 Å². The molecule has 2 aliphatic rings. The molecule has 2 unspecified atom stereocenters. The average molecular weight is 362 g/mol. The SMILES string of the molecule is CC(C)N1CC2CCC(C1)N2S(=O)(=O)c1ccc(C(F)(F)F)cc1. The molecule has 2 saturated heterocycles. The maximum Gasteiger partial charge on any atom is 0.416 e. The molecule has 0 aromatic heterocycles. The third kappa shape index (κ3) is 3.07. The number of alkyl halides is 3. The van der Waals surface area contributed by atoms with Gasteiger partial charge in [0.25, 0.3) is 0 Å². The van der Waals surface area contributed by atoms with Gasteiger partial charge in [0.2, 0.25) is 10.0 Å². The Balaban J connectivity index is 1.87. The molecule has 2 aliphatic heterocycles. The molecule has 0 aliphatic carbocycles. The second kappa shape index (κ2) is 6.00. The van der Waals surface area contributed by atoms with Crippen molar-refractivity contribution in [2.24, 2.45) is 0 Å². The number of rotatable bonds is 3. The molecule has 2 fully saturated rings. The van der Waals surface area contributed by atoms with Crippen LogP contribution in [-0.2, 0) is 16.2 Å². The summed E-state index contributed by atoms with van der Waals surface area (Å²) in [4.78, 5) is 2.20. The Kier molecular flexibility index (Phi) is 4.42. The average Bonchev–Trinajstić information content (AvgIpc) is 2.78. The van der Waals surface area contributed by atoms with E-state index in [-0.39, 0.29) is 17.0 Å². The Morgan fingerprint density at radius 2 is 1.54 bits per heavy atom. The molecule has 0 N–H and O–H groups in total. The van der Waals surface area contributed by atoms with Gasteiger partial charge in [-0.05, 0) is 51.0 Å². The van der Waals surface area contributed by atoms with Gasteiger partial charge in [-0.25, -0.2) is 8.42 Å². The Bertz CT molecular complexity index is 687. The summed E-state index contributed by atoms with van der Waals surface area (Å²) in [7, 11) is -3.77. The van der Waals surface area contributed by atoms with E-state index in [1.54, 1.807) is 0 Å². The largest absolute Gasteiger partial charge is 0.416 e. The molecule has 2 bridgehead atoms. The molecule has 8 heteroatoms. The minimum Gasteiger partial charge on any atom is -0.298 e. The van der Waals surface area contributed by atoms with E-state index in [0.29, 0.717) is 19.1 Å². The molecule has 1 aromatic rings. The molecule has 1 aromatic carbocycles. The van der Waals surface area contributed by atoms with Crippen molar-refractivity contribution >= 4 is 10.0 Å². The third-order valence-electron chi connectivity index (χ3n) is 4.93. The second-order valence-corrected chi connectivity index (χ2v) is 8.63. The Morgan fingerprint density at radius 3 is 1.96 bits per heavy atom. The zero-order valence-electron chi connectivity index (χ0n) is 13.6. The number of piperazine rings is 1. The van der Waals surface area contributed by atoms with Crippen LogP contribution in [0.5, 0.6) is 0 Å². The van der Waals surface area contributed by atoms with E-state index in [4.69, 9.17) is 0 Å². The first-order valence-corrected chi connectivity index (χ1v) is 9.49. The van der Waals surface area contributed by atoms with E-state index in [2.05, 4.69) is 18.7 Å². The Hall–Kier alpha value is -1.12. The van der Waals surface area contributed by atoms with Crippen LogP contribution in [0.15, 0.2) is 29.2 Å². The maximum atomic E-state index is 12.9. The number of likely N-dealkylation sites (tertiary alicyclic amines) is 1. The van der Waals surface area contributed by atoms with Crippen LogP contribution in [0.4, 0.5) is 13.2 Å². The smallest absolute Gasteiger partial charge is 0.298 e. The van der Waals surface area contributed by atoms with Crippen molar-refractivity contribution in [3.63, 3.8) is 0 Å². The van der Waals surface area contributed by atoms with E-state index >= 15 is 0 Å². The highest BCUT2D eigenvalue weighted by molar-refractivity contribution is 7.89. The molecule has 0 amide bonds. The Morgan fingerprint density at radius 1 is 1.04 bits per heavy atom. The molecule has 0 spiro atoms. The van der Waals surface area contributed by atoms with Crippen LogP contribution in [0.1, 0.15) is 32.3 Å². The van der Waals surface area contributed by atoms with Gasteiger partial charge in [-0.2, -0.15) is 17.5 Å². The third-order valence-corrected chi connectivity index (χ3v) is 6.95. The monoisotopic (exact) mass is 362 g/mol. The predicted molar refractivity (Wildman–Crippen MR) is 84.0 cm³/mol. The number of nitrogens with zero attached hydrogens (tertiary/aromatic N) is 2. The normalized spacial score (nSPS) is 26.2. The van der Waals surface area contributed by atoms with Crippen LogP contribution in [0.25, 0.3) is 0 Å². The molecule has 2 heterocycles. The molecule has 4 nitrogen and oxygen atoms in total. The highest BCUT2D eigenvalue weighted by Crippen LogP contribution is 2.36. The van der Waals surface area contributed by atoms with Crippen LogP contribution in [0.3, 0.4) is 0 Å². The fourth-order valence-electron chi connectivity index (χ4n) is 3.65. The summed E-state index contributed by atoms with van der Waals surface area (Å²) in [5, 5.41) is 0. The fraction of sp³-hybridized carbons (Fsp3) is 0.625. The van der Waals surface area contributed by atoms with Crippen molar-refractivity contribution in [3.8, 4) is 0 Å². The zero-order valence-corrected chi connectivity index (χ0v) is 14.4. The van der Waals surface area contributed by atoms with E-state index in [1.165, 1.54) is 4.31 Å². The van der Waals surface area contributed by atoms with Crippen LogP contribution in [0, 0.1) is 0 Å². The van der Waals surface area contributed by atoms with Crippen molar-refractivity contribution in [2.45, 2.75) is 55.9 Å². The van der Waals surface area contributed by atoms with Crippen molar-refractivity contribution in [2.75, 3.05) is 13.1 Å². The Labute approximate surface area is 140 Å². The van der Waals surface area contributed by atoms with Crippen molar-refractivity contribution in [3.05, 3.63) is 29.8 Å². The van der Waals surface area contributed by atoms with Crippen LogP contribution in [-0.4, -0.2) is 48.8 Å². The van der Waals surface area contributed by atoms with Gasteiger partial charge in [-0.3, -0.25) is 4.90 Å². The van der Waals surface area contributed by atoms with E-state index in [0.717, 1.165) is 37.1 Å². The summed E-state index contributed by atoms with van der Waals surface area (Å²) >= 11 is 0. The minimum absolute atomic E-state index is 0.0644. The molecule has 24 heavy (non-hydrogen) atoms. The first-order valence-electron chi connectivity index (χ1n) is 8.05. The van der Waals surface area contributed by atoms with Gasteiger partial charge in [0.05, 0.1) is 10.5 Å². The van der Waals surface area contributed by atoms with Crippen LogP contribution in [0.2, 0.25) is 0 Å². The topological polar surface area (TPSA) is 40.6 Å². The van der Waals surface area contributed by atoms with E-state index in [1.807, 2.05) is 0 Å². The fourth-order valence-corrected chi connectivity index (χ4v) is 5.50. The van der Waals surface area contributed by atoms with Crippen molar-refractivity contribution in [1.82, 2.24) is 9.21 Å². The van der Waals surface area contributed by atoms with Crippen LogP contribution < -0.4 is 0 Å². The van der Waals surface area contributed by atoms with Gasteiger partial charge in [-0.15, -0.1) is 0 Å². The molecule has 134 valence electrons. The number of hydrogen-bond donors (Lipinski definition) is 0. The van der Waals surface area contributed by atoms with Crippen molar-refractivity contribution in [1.29, 1.82) is 0 Å². The lowest BCUT2D eigenvalue weighted by molar-refractivity contribution is -0.137. The first kappa shape index (κ1) is 17.7. The maximum absolute atomic E-state index is 12.9. The number of halogens is 3. The number of benzene rings is 1. The predicted octanol–water partition coefficient (Wildman–Crippen LogP) is 2.95. The highest BCUT2D eigenvalue weighted by atomic mass is 32.2. The summed E-state index contributed by atoms with van der Waals surface area (Å²) in [6.45, 7) is 5.51. The lowest BCUT2D eigenvalue weighted by atomic mass is 10.2. The van der Waals surface area contributed by atoms with Crippen molar-refractivity contribution < 1.29 is 21.6 Å². The summed E-state index contributed by atoms with van der Waals surface area (Å²) in [5.74, 6) is 0. The quantitative estimate of drug-likeness (QED) is 0.830. The molecule has 2 atom stereocenters. The molecular formula is C16H21F3N2O2S. The van der Waals surface area contributed by atoms with Gasteiger partial charge in [-0.1, -0.05) is 0 Å². The molecule has 0 radical (unpaired) electrons. The number of hydrogen-bond acceptors (Lipinski definition) is 3. The number of fused-ring (bicyclic) bond motifs is 2. The summed E-state index contributed by atoms with van der Waals surface area (Å²) in [5.41, 5.74) is -0.839. The van der Waals surface area contributed by atoms with Gasteiger partial charge in [0, 0.05) is 31.2 Å². The summed E-state index contributed by atoms with van der Waals surface area (Å²) in [6, 6.07) is 3.94. The van der Waals surface area contributed by atoms with Crippen LogP contribution >= 0.6 is 0 Å². The number of sulfonamides is 1. The first-order chi connectivity index (χ1) is 11.1. The molecule has 3 rings (SSSR count). The zero-order chi connectivity index (χ0) is 17.7. The summed E-state index contributed by atoms with van der Waals surface area (Å²) in [6.07, 6.45) is -2.87. The lowest BCUT2D eigenvalue weighted by Gasteiger charge is -2.41. The minimum atomic E-state index is -4.47. The summed E-state index contributed by atoms with van der Waals surface area (Å²) < 4.78 is 65.3. The molecule has 0 saturated carbocycles.